The number of ether oxygens (including phenoxy) is 1. The number of hydrogen-bond acceptors (Lipinski definition) is 5. The lowest BCUT2D eigenvalue weighted by atomic mass is 10.0. The molecule has 0 radical (unpaired) electrons. The van der Waals surface area contributed by atoms with Crippen molar-refractivity contribution in [3.8, 4) is 34.5 Å². The van der Waals surface area contributed by atoms with Gasteiger partial charge in [0.1, 0.15) is 23.0 Å². The molecule has 0 saturated heterocycles. The highest BCUT2D eigenvalue weighted by Gasteiger charge is 2.11. The fourth-order valence-electron chi connectivity index (χ4n) is 3.63. The minimum Gasteiger partial charge on any atom is -0.508 e. The van der Waals surface area contributed by atoms with E-state index in [1.807, 2.05) is 48.5 Å². The van der Waals surface area contributed by atoms with Gasteiger partial charge in [-0.2, -0.15) is 0 Å². The summed E-state index contributed by atoms with van der Waals surface area (Å²) in [4.78, 5) is 0. The summed E-state index contributed by atoms with van der Waals surface area (Å²) in [6.45, 7) is 0. The van der Waals surface area contributed by atoms with Gasteiger partial charge < -0.3 is 25.2 Å². The van der Waals surface area contributed by atoms with Gasteiger partial charge in [-0.05, 0) is 90.4 Å². The minimum atomic E-state index is -0.128. The molecule has 5 nitrogen and oxygen atoms in total. The molecule has 0 aromatic heterocycles. The van der Waals surface area contributed by atoms with Crippen LogP contribution in [0.1, 0.15) is 22.3 Å². The predicted molar refractivity (Wildman–Crippen MR) is 127 cm³/mol. The van der Waals surface area contributed by atoms with Crippen LogP contribution in [0.5, 0.6) is 34.5 Å². The van der Waals surface area contributed by atoms with Crippen LogP contribution in [0.2, 0.25) is 0 Å². The van der Waals surface area contributed by atoms with Crippen LogP contribution in [0.4, 0.5) is 0 Å². The van der Waals surface area contributed by atoms with Crippen molar-refractivity contribution >= 4 is 0 Å². The Morgan fingerprint density at radius 2 is 0.939 bits per heavy atom. The van der Waals surface area contributed by atoms with E-state index in [9.17, 15) is 20.4 Å². The van der Waals surface area contributed by atoms with Gasteiger partial charge in [-0.3, -0.25) is 0 Å². The standard InChI is InChI=1S/C28H26O5/c29-23-11-4-19(5-12-23)1-2-20-8-15-25(16-9-20)33-28-17-22(26(31)18-27(28)32)10-3-21-6-13-24(30)14-7-21/h4-9,11-18,29-32H,1-3,10H2. The van der Waals surface area contributed by atoms with Crippen LogP contribution in [0.3, 0.4) is 0 Å². The third-order valence-corrected chi connectivity index (χ3v) is 5.57. The van der Waals surface area contributed by atoms with Gasteiger partial charge in [0.05, 0.1) is 0 Å². The van der Waals surface area contributed by atoms with Gasteiger partial charge in [-0.15, -0.1) is 0 Å². The highest BCUT2D eigenvalue weighted by molar-refractivity contribution is 5.51. The largest absolute Gasteiger partial charge is 0.508 e. The van der Waals surface area contributed by atoms with Crippen LogP contribution in [0.15, 0.2) is 84.9 Å². The van der Waals surface area contributed by atoms with E-state index < -0.39 is 0 Å². The van der Waals surface area contributed by atoms with E-state index in [1.165, 1.54) is 6.07 Å². The summed E-state index contributed by atoms with van der Waals surface area (Å²) in [5.41, 5.74) is 4.01. The highest BCUT2D eigenvalue weighted by Crippen LogP contribution is 2.37. The Hall–Kier alpha value is -4.12. The summed E-state index contributed by atoms with van der Waals surface area (Å²) in [5.74, 6) is 1.24. The summed E-state index contributed by atoms with van der Waals surface area (Å²) in [6.07, 6.45) is 2.96. The molecule has 0 spiro atoms. The molecular formula is C28H26O5. The van der Waals surface area contributed by atoms with Crippen LogP contribution >= 0.6 is 0 Å². The second-order valence-corrected chi connectivity index (χ2v) is 8.03. The average molecular weight is 443 g/mol. The van der Waals surface area contributed by atoms with Gasteiger partial charge >= 0.3 is 0 Å². The molecule has 0 heterocycles. The maximum atomic E-state index is 10.2. The van der Waals surface area contributed by atoms with Gasteiger partial charge in [0.15, 0.2) is 11.5 Å². The molecule has 33 heavy (non-hydrogen) atoms. The van der Waals surface area contributed by atoms with Crippen molar-refractivity contribution in [2.24, 2.45) is 0 Å². The van der Waals surface area contributed by atoms with Crippen molar-refractivity contribution in [2.45, 2.75) is 25.7 Å². The van der Waals surface area contributed by atoms with E-state index in [4.69, 9.17) is 4.74 Å². The van der Waals surface area contributed by atoms with Crippen LogP contribution in [0.25, 0.3) is 0 Å². The summed E-state index contributed by atoms with van der Waals surface area (Å²) in [6, 6.07) is 24.8. The van der Waals surface area contributed by atoms with Crippen molar-refractivity contribution in [3.63, 3.8) is 0 Å². The van der Waals surface area contributed by atoms with Crippen molar-refractivity contribution in [3.05, 3.63) is 107 Å². The first-order valence-electron chi connectivity index (χ1n) is 10.8. The van der Waals surface area contributed by atoms with Gasteiger partial charge in [0.25, 0.3) is 0 Å². The number of phenolic OH excluding ortho intramolecular Hbond substituents is 4. The van der Waals surface area contributed by atoms with Crippen molar-refractivity contribution < 1.29 is 25.2 Å². The number of hydrogen-bond donors (Lipinski definition) is 4. The molecule has 0 aliphatic heterocycles. The molecule has 0 saturated carbocycles. The molecule has 0 fully saturated rings. The molecular weight excluding hydrogens is 416 g/mol. The zero-order valence-electron chi connectivity index (χ0n) is 18.1. The van der Waals surface area contributed by atoms with Crippen LogP contribution in [-0.4, -0.2) is 20.4 Å². The number of aryl methyl sites for hydroxylation is 4. The van der Waals surface area contributed by atoms with E-state index in [0.29, 0.717) is 24.2 Å². The molecule has 4 aromatic rings. The summed E-state index contributed by atoms with van der Waals surface area (Å²) in [5, 5.41) is 39.3. The lowest BCUT2D eigenvalue weighted by Gasteiger charge is -2.12. The molecule has 4 N–H and O–H groups in total. The molecule has 0 unspecified atom stereocenters. The zero-order chi connectivity index (χ0) is 23.2. The second kappa shape index (κ2) is 10.0. The normalized spacial score (nSPS) is 10.8. The molecule has 168 valence electrons. The maximum absolute atomic E-state index is 10.2. The Bertz CT molecular complexity index is 1200. The lowest BCUT2D eigenvalue weighted by molar-refractivity contribution is 0.401. The van der Waals surface area contributed by atoms with Crippen LogP contribution in [0, 0.1) is 0 Å². The number of phenols is 4. The van der Waals surface area contributed by atoms with E-state index >= 15 is 0 Å². The van der Waals surface area contributed by atoms with E-state index in [-0.39, 0.29) is 28.7 Å². The SMILES string of the molecule is Oc1ccc(CCc2ccc(Oc3cc(CCc4ccc(O)cc4)c(O)cc3O)cc2)cc1. The predicted octanol–water partition coefficient (Wildman–Crippen LogP) is 5.87. The topological polar surface area (TPSA) is 90.2 Å². The number of aromatic hydroxyl groups is 4. The minimum absolute atomic E-state index is 0.0169. The molecule has 0 atom stereocenters. The third kappa shape index (κ3) is 5.98. The fourth-order valence-corrected chi connectivity index (χ4v) is 3.63. The smallest absolute Gasteiger partial charge is 0.169 e. The lowest BCUT2D eigenvalue weighted by Crippen LogP contribution is -1.94. The average Bonchev–Trinajstić information content (AvgIpc) is 2.81. The Balaban J connectivity index is 1.39. The third-order valence-electron chi connectivity index (χ3n) is 5.57. The fraction of sp³-hybridized carbons (Fsp3) is 0.143. The Labute approximate surface area is 192 Å². The molecule has 0 aliphatic carbocycles. The van der Waals surface area contributed by atoms with Gasteiger partial charge in [-0.1, -0.05) is 36.4 Å². The molecule has 4 rings (SSSR count). The van der Waals surface area contributed by atoms with Gasteiger partial charge in [-0.25, -0.2) is 0 Å². The van der Waals surface area contributed by atoms with E-state index in [0.717, 1.165) is 29.5 Å². The number of rotatable bonds is 8. The van der Waals surface area contributed by atoms with Crippen molar-refractivity contribution in [1.82, 2.24) is 0 Å². The first-order valence-corrected chi connectivity index (χ1v) is 10.8. The number of benzene rings is 4. The Morgan fingerprint density at radius 3 is 1.45 bits per heavy atom. The first kappa shape index (κ1) is 22.1. The Kier molecular flexibility index (Phi) is 6.69. The van der Waals surface area contributed by atoms with E-state index in [2.05, 4.69) is 0 Å². The summed E-state index contributed by atoms with van der Waals surface area (Å²) in [7, 11) is 0. The zero-order valence-corrected chi connectivity index (χ0v) is 18.1. The van der Waals surface area contributed by atoms with Crippen LogP contribution in [-0.2, 0) is 25.7 Å². The molecule has 0 bridgehead atoms. The molecule has 5 heteroatoms. The summed E-state index contributed by atoms with van der Waals surface area (Å²) >= 11 is 0. The van der Waals surface area contributed by atoms with E-state index in [1.54, 1.807) is 30.3 Å². The maximum Gasteiger partial charge on any atom is 0.169 e. The Morgan fingerprint density at radius 1 is 0.485 bits per heavy atom. The first-order chi connectivity index (χ1) is 16.0. The molecule has 0 amide bonds. The van der Waals surface area contributed by atoms with Crippen molar-refractivity contribution in [2.75, 3.05) is 0 Å². The highest BCUT2D eigenvalue weighted by atomic mass is 16.5. The van der Waals surface area contributed by atoms with Gasteiger partial charge in [0, 0.05) is 6.07 Å². The van der Waals surface area contributed by atoms with Gasteiger partial charge in [0.2, 0.25) is 0 Å². The summed E-state index contributed by atoms with van der Waals surface area (Å²) < 4.78 is 5.88. The second-order valence-electron chi connectivity index (χ2n) is 8.03. The van der Waals surface area contributed by atoms with Crippen molar-refractivity contribution in [1.29, 1.82) is 0 Å². The molecule has 0 aliphatic rings. The van der Waals surface area contributed by atoms with Crippen LogP contribution < -0.4 is 4.74 Å². The molecule has 4 aromatic carbocycles. The quantitative estimate of drug-likeness (QED) is 0.274. The monoisotopic (exact) mass is 442 g/mol.